The smallest absolute Gasteiger partial charge is 0.348 e. The number of aromatic nitrogens is 1. The Labute approximate surface area is 107 Å². The van der Waals surface area contributed by atoms with Crippen molar-refractivity contribution < 1.29 is 19.7 Å². The van der Waals surface area contributed by atoms with Gasteiger partial charge >= 0.3 is 5.97 Å². The standard InChI is InChI=1S/C12H11NO4S/c1-17-12(16)9-5-7(10(6-14)18-9)11-8(15)3-2-4-13-11/h2-5,14-15H,6H2,1H3. The van der Waals surface area contributed by atoms with E-state index in [1.54, 1.807) is 12.1 Å². The van der Waals surface area contributed by atoms with Crippen LogP contribution in [0.1, 0.15) is 14.5 Å². The summed E-state index contributed by atoms with van der Waals surface area (Å²) < 4.78 is 4.62. The van der Waals surface area contributed by atoms with Gasteiger partial charge in [-0.25, -0.2) is 4.79 Å². The molecule has 0 aliphatic carbocycles. The van der Waals surface area contributed by atoms with Gasteiger partial charge in [0.15, 0.2) is 0 Å². The zero-order chi connectivity index (χ0) is 13.1. The molecule has 0 aromatic carbocycles. The third-order valence-corrected chi connectivity index (χ3v) is 3.48. The molecular weight excluding hydrogens is 254 g/mol. The van der Waals surface area contributed by atoms with Crippen molar-refractivity contribution in [2.75, 3.05) is 7.11 Å². The van der Waals surface area contributed by atoms with Crippen molar-refractivity contribution in [3.05, 3.63) is 34.2 Å². The number of thiophene rings is 1. The minimum absolute atomic E-state index is 0.00131. The number of esters is 1. The molecule has 0 saturated heterocycles. The highest BCUT2D eigenvalue weighted by Gasteiger charge is 2.18. The number of hydrogen-bond acceptors (Lipinski definition) is 6. The molecule has 5 nitrogen and oxygen atoms in total. The molecule has 0 saturated carbocycles. The fourth-order valence-corrected chi connectivity index (χ4v) is 2.49. The number of carbonyl (C=O) groups is 1. The first kappa shape index (κ1) is 12.5. The number of carbonyl (C=O) groups excluding carboxylic acids is 1. The zero-order valence-corrected chi connectivity index (χ0v) is 10.4. The molecule has 6 heteroatoms. The van der Waals surface area contributed by atoms with E-state index in [1.165, 1.54) is 19.4 Å². The van der Waals surface area contributed by atoms with Crippen LogP contribution in [0.5, 0.6) is 5.75 Å². The molecule has 0 spiro atoms. The quantitative estimate of drug-likeness (QED) is 0.827. The lowest BCUT2D eigenvalue weighted by molar-refractivity contribution is 0.0606. The summed E-state index contributed by atoms with van der Waals surface area (Å²) in [6, 6.07) is 4.66. The third kappa shape index (κ3) is 2.20. The molecule has 0 aliphatic rings. The molecule has 0 radical (unpaired) electrons. The van der Waals surface area contributed by atoms with Crippen LogP contribution in [0.2, 0.25) is 0 Å². The molecule has 18 heavy (non-hydrogen) atoms. The Bertz CT molecular complexity index is 579. The highest BCUT2D eigenvalue weighted by molar-refractivity contribution is 7.14. The number of hydrogen-bond donors (Lipinski definition) is 2. The maximum absolute atomic E-state index is 11.4. The van der Waals surface area contributed by atoms with Gasteiger partial charge in [0.25, 0.3) is 0 Å². The van der Waals surface area contributed by atoms with E-state index in [0.29, 0.717) is 21.0 Å². The number of ether oxygens (including phenoxy) is 1. The van der Waals surface area contributed by atoms with Gasteiger partial charge < -0.3 is 14.9 Å². The van der Waals surface area contributed by atoms with Crippen molar-refractivity contribution >= 4 is 17.3 Å². The highest BCUT2D eigenvalue weighted by Crippen LogP contribution is 2.35. The van der Waals surface area contributed by atoms with Crippen molar-refractivity contribution in [2.45, 2.75) is 6.61 Å². The Morgan fingerprint density at radius 1 is 1.56 bits per heavy atom. The monoisotopic (exact) mass is 265 g/mol. The first-order chi connectivity index (χ1) is 8.67. The number of rotatable bonds is 3. The normalized spacial score (nSPS) is 10.3. The number of aliphatic hydroxyl groups excluding tert-OH is 1. The predicted octanol–water partition coefficient (Wildman–Crippen LogP) is 1.79. The minimum atomic E-state index is -0.476. The van der Waals surface area contributed by atoms with Gasteiger partial charge in [0.2, 0.25) is 0 Å². The summed E-state index contributed by atoms with van der Waals surface area (Å²) >= 11 is 1.12. The first-order valence-electron chi connectivity index (χ1n) is 5.13. The topological polar surface area (TPSA) is 79.7 Å². The molecule has 2 N–H and O–H groups in total. The average molecular weight is 265 g/mol. The van der Waals surface area contributed by atoms with Gasteiger partial charge in [-0.3, -0.25) is 4.98 Å². The Balaban J connectivity index is 2.54. The fraction of sp³-hybridized carbons (Fsp3) is 0.167. The van der Waals surface area contributed by atoms with Crippen molar-refractivity contribution in [2.24, 2.45) is 0 Å². The number of aromatic hydroxyl groups is 1. The number of pyridine rings is 1. The summed E-state index contributed by atoms with van der Waals surface area (Å²) in [4.78, 5) is 16.4. The Kier molecular flexibility index (Phi) is 3.59. The molecule has 2 rings (SSSR count). The van der Waals surface area contributed by atoms with Crippen molar-refractivity contribution in [1.29, 1.82) is 0 Å². The number of nitrogens with zero attached hydrogens (tertiary/aromatic N) is 1. The molecule has 0 bridgehead atoms. The molecule has 0 aliphatic heterocycles. The van der Waals surface area contributed by atoms with Crippen molar-refractivity contribution in [3.63, 3.8) is 0 Å². The van der Waals surface area contributed by atoms with Crippen LogP contribution in [0.25, 0.3) is 11.3 Å². The number of aliphatic hydroxyl groups is 1. The summed E-state index contributed by atoms with van der Waals surface area (Å²) in [6.45, 7) is -0.229. The molecule has 0 fully saturated rings. The van der Waals surface area contributed by atoms with Crippen molar-refractivity contribution in [1.82, 2.24) is 4.98 Å². The Morgan fingerprint density at radius 3 is 2.94 bits per heavy atom. The summed E-state index contributed by atoms with van der Waals surface area (Å²) in [5.74, 6) is -0.474. The van der Waals surface area contributed by atoms with Gasteiger partial charge in [0.05, 0.1) is 13.7 Å². The number of methoxy groups -OCH3 is 1. The van der Waals surface area contributed by atoms with Gasteiger partial charge in [-0.1, -0.05) is 0 Å². The van der Waals surface area contributed by atoms with E-state index in [0.717, 1.165) is 11.3 Å². The molecule has 2 heterocycles. The van der Waals surface area contributed by atoms with Gasteiger partial charge in [0, 0.05) is 16.6 Å². The summed E-state index contributed by atoms with van der Waals surface area (Å²) in [5.41, 5.74) is 0.883. The summed E-state index contributed by atoms with van der Waals surface area (Å²) in [7, 11) is 1.29. The van der Waals surface area contributed by atoms with E-state index >= 15 is 0 Å². The SMILES string of the molecule is COC(=O)c1cc(-c2ncccc2O)c(CO)s1. The Hall–Kier alpha value is -1.92. The molecule has 2 aromatic rings. The van der Waals surface area contributed by atoms with Crippen LogP contribution >= 0.6 is 11.3 Å². The average Bonchev–Trinajstić information content (AvgIpc) is 2.82. The second-order valence-corrected chi connectivity index (χ2v) is 4.61. The summed E-state index contributed by atoms with van der Waals surface area (Å²) in [6.07, 6.45) is 1.53. The van der Waals surface area contributed by atoms with Crippen LogP contribution in [0, 0.1) is 0 Å². The van der Waals surface area contributed by atoms with Crippen LogP contribution in [-0.4, -0.2) is 28.3 Å². The van der Waals surface area contributed by atoms with Crippen molar-refractivity contribution in [3.8, 4) is 17.0 Å². The van der Waals surface area contributed by atoms with E-state index in [1.807, 2.05) is 0 Å². The second kappa shape index (κ2) is 5.16. The van der Waals surface area contributed by atoms with Crippen LogP contribution < -0.4 is 0 Å². The van der Waals surface area contributed by atoms with Crippen LogP contribution in [-0.2, 0) is 11.3 Å². The van der Waals surface area contributed by atoms with Gasteiger partial charge in [-0.05, 0) is 18.2 Å². The zero-order valence-electron chi connectivity index (χ0n) is 9.58. The van der Waals surface area contributed by atoms with Gasteiger partial charge in [0.1, 0.15) is 16.3 Å². The lowest BCUT2D eigenvalue weighted by Gasteiger charge is -2.02. The highest BCUT2D eigenvalue weighted by atomic mass is 32.1. The van der Waals surface area contributed by atoms with E-state index in [-0.39, 0.29) is 12.4 Å². The molecule has 0 amide bonds. The first-order valence-corrected chi connectivity index (χ1v) is 5.95. The molecule has 0 atom stereocenters. The van der Waals surface area contributed by atoms with Gasteiger partial charge in [-0.2, -0.15) is 0 Å². The van der Waals surface area contributed by atoms with Crippen LogP contribution in [0.15, 0.2) is 24.4 Å². The van der Waals surface area contributed by atoms with E-state index in [4.69, 9.17) is 0 Å². The maximum Gasteiger partial charge on any atom is 0.348 e. The Morgan fingerprint density at radius 2 is 2.33 bits per heavy atom. The minimum Gasteiger partial charge on any atom is -0.506 e. The molecule has 0 unspecified atom stereocenters. The molecule has 2 aromatic heterocycles. The van der Waals surface area contributed by atoms with Crippen LogP contribution in [0.3, 0.4) is 0 Å². The maximum atomic E-state index is 11.4. The predicted molar refractivity (Wildman–Crippen MR) is 66.5 cm³/mol. The molecular formula is C12H11NO4S. The van der Waals surface area contributed by atoms with E-state index in [9.17, 15) is 15.0 Å². The third-order valence-electron chi connectivity index (χ3n) is 2.38. The van der Waals surface area contributed by atoms with Gasteiger partial charge in [-0.15, -0.1) is 11.3 Å². The van der Waals surface area contributed by atoms with E-state index in [2.05, 4.69) is 9.72 Å². The second-order valence-electron chi connectivity index (χ2n) is 3.47. The summed E-state index contributed by atoms with van der Waals surface area (Å²) in [5, 5.41) is 19.0. The van der Waals surface area contributed by atoms with Crippen LogP contribution in [0.4, 0.5) is 0 Å². The molecule has 94 valence electrons. The largest absolute Gasteiger partial charge is 0.506 e. The lowest BCUT2D eigenvalue weighted by Crippen LogP contribution is -1.96. The lowest BCUT2D eigenvalue weighted by atomic mass is 10.1. The fourth-order valence-electron chi connectivity index (χ4n) is 1.55. The van der Waals surface area contributed by atoms with E-state index < -0.39 is 5.97 Å².